The van der Waals surface area contributed by atoms with E-state index in [9.17, 15) is 4.79 Å². The van der Waals surface area contributed by atoms with E-state index in [2.05, 4.69) is 29.6 Å². The topological polar surface area (TPSA) is 41.6 Å². The van der Waals surface area contributed by atoms with Gasteiger partial charge in [-0.25, -0.2) is 4.79 Å². The Bertz CT molecular complexity index is 582. The van der Waals surface area contributed by atoms with Gasteiger partial charge < -0.3 is 15.0 Å². The van der Waals surface area contributed by atoms with Crippen molar-refractivity contribution < 1.29 is 9.53 Å². The number of amides is 2. The summed E-state index contributed by atoms with van der Waals surface area (Å²) in [6.07, 6.45) is 5.71. The van der Waals surface area contributed by atoms with Crippen molar-refractivity contribution in [3.63, 3.8) is 0 Å². The number of hydrogen-bond acceptors (Lipinski definition) is 3. The van der Waals surface area contributed by atoms with Crippen molar-refractivity contribution in [1.82, 2.24) is 10.2 Å². The number of rotatable bonds is 4. The second kappa shape index (κ2) is 6.60. The summed E-state index contributed by atoms with van der Waals surface area (Å²) in [7, 11) is 0. The molecule has 3 fully saturated rings. The second-order valence-electron chi connectivity index (χ2n) is 7.54. The molecule has 1 N–H and O–H groups in total. The lowest BCUT2D eigenvalue weighted by Gasteiger charge is -2.33. The highest BCUT2D eigenvalue weighted by Gasteiger charge is 2.45. The van der Waals surface area contributed by atoms with Crippen molar-refractivity contribution in [1.29, 1.82) is 0 Å². The molecule has 0 atom stereocenters. The van der Waals surface area contributed by atoms with Crippen LogP contribution < -0.4 is 5.32 Å². The minimum absolute atomic E-state index is 0.123. The maximum atomic E-state index is 12.6. The van der Waals surface area contributed by atoms with E-state index in [1.54, 1.807) is 0 Å². The molecule has 1 aliphatic carbocycles. The number of nitrogens with zero attached hydrogens (tertiary/aromatic N) is 1. The van der Waals surface area contributed by atoms with Crippen molar-refractivity contribution in [3.8, 4) is 0 Å². The van der Waals surface area contributed by atoms with E-state index in [0.717, 1.165) is 52.1 Å². The molecule has 130 valence electrons. The van der Waals surface area contributed by atoms with Crippen molar-refractivity contribution >= 4 is 17.8 Å². The molecule has 1 saturated carbocycles. The van der Waals surface area contributed by atoms with Gasteiger partial charge in [-0.3, -0.25) is 0 Å². The number of carbonyl (C=O) groups excluding carboxylic acids is 1. The van der Waals surface area contributed by atoms with E-state index < -0.39 is 0 Å². The fraction of sp³-hybridized carbons (Fsp3) is 0.632. The number of likely N-dealkylation sites (tertiary alicyclic amines) is 1. The molecular weight excluding hydrogens is 320 g/mol. The highest BCUT2D eigenvalue weighted by atomic mass is 32.2. The molecule has 1 aromatic rings. The van der Waals surface area contributed by atoms with Gasteiger partial charge in [-0.15, -0.1) is 11.8 Å². The van der Waals surface area contributed by atoms with Gasteiger partial charge in [0.25, 0.3) is 0 Å². The summed E-state index contributed by atoms with van der Waals surface area (Å²) < 4.78 is 5.70. The van der Waals surface area contributed by atoms with Crippen molar-refractivity contribution in [2.24, 2.45) is 5.41 Å². The summed E-state index contributed by atoms with van der Waals surface area (Å²) in [6.45, 7) is 4.28. The molecule has 3 aliphatic rings. The average molecular weight is 346 g/mol. The van der Waals surface area contributed by atoms with Gasteiger partial charge in [0.15, 0.2) is 0 Å². The summed E-state index contributed by atoms with van der Waals surface area (Å²) in [4.78, 5) is 15.9. The Hall–Kier alpha value is -1.20. The lowest BCUT2D eigenvalue weighted by Crippen LogP contribution is -2.43. The van der Waals surface area contributed by atoms with Crippen LogP contribution in [0.3, 0.4) is 0 Å². The Kier molecular flexibility index (Phi) is 4.48. The summed E-state index contributed by atoms with van der Waals surface area (Å²) in [5.74, 6) is 0. The molecule has 5 heteroatoms. The Morgan fingerprint density at radius 1 is 1.12 bits per heavy atom. The average Bonchev–Trinajstić information content (AvgIpc) is 3.26. The predicted molar refractivity (Wildman–Crippen MR) is 96.3 cm³/mol. The maximum Gasteiger partial charge on any atom is 0.317 e. The van der Waals surface area contributed by atoms with Gasteiger partial charge in [0.05, 0.1) is 0 Å². The molecule has 2 heterocycles. The molecule has 2 aliphatic heterocycles. The fourth-order valence-corrected chi connectivity index (χ4v) is 5.11. The van der Waals surface area contributed by atoms with Gasteiger partial charge in [-0.2, -0.15) is 0 Å². The second-order valence-corrected chi connectivity index (χ2v) is 9.08. The van der Waals surface area contributed by atoms with Crippen LogP contribution in [0.5, 0.6) is 0 Å². The van der Waals surface area contributed by atoms with Crippen LogP contribution in [0.25, 0.3) is 0 Å². The van der Waals surface area contributed by atoms with Gasteiger partial charge >= 0.3 is 6.03 Å². The van der Waals surface area contributed by atoms with Gasteiger partial charge in [-0.05, 0) is 49.7 Å². The van der Waals surface area contributed by atoms with Gasteiger partial charge in [-0.1, -0.05) is 18.2 Å². The van der Waals surface area contributed by atoms with Crippen LogP contribution in [0, 0.1) is 5.41 Å². The number of hydrogen-bond donors (Lipinski definition) is 1. The number of nitrogens with one attached hydrogen (secondary N) is 1. The minimum atomic E-state index is 0.123. The Balaban J connectivity index is 1.28. The van der Waals surface area contributed by atoms with Crippen LogP contribution in [-0.2, 0) is 4.74 Å². The first kappa shape index (κ1) is 16.3. The van der Waals surface area contributed by atoms with Crippen LogP contribution in [0.15, 0.2) is 35.2 Å². The van der Waals surface area contributed by atoms with Gasteiger partial charge in [0.2, 0.25) is 0 Å². The molecule has 0 aromatic heterocycles. The summed E-state index contributed by atoms with van der Waals surface area (Å²) in [5, 5.41) is 3.20. The molecule has 4 nitrogen and oxygen atoms in total. The van der Waals surface area contributed by atoms with E-state index in [4.69, 9.17) is 4.74 Å². The van der Waals surface area contributed by atoms with Crippen molar-refractivity contribution in [3.05, 3.63) is 30.3 Å². The van der Waals surface area contributed by atoms with Crippen LogP contribution in [0.2, 0.25) is 0 Å². The van der Waals surface area contributed by atoms with E-state index in [0.29, 0.717) is 5.41 Å². The summed E-state index contributed by atoms with van der Waals surface area (Å²) >= 11 is 1.91. The van der Waals surface area contributed by atoms with Crippen LogP contribution >= 0.6 is 11.8 Å². The number of urea groups is 1. The van der Waals surface area contributed by atoms with Crippen molar-refractivity contribution in [2.75, 3.05) is 32.8 Å². The third-order valence-corrected chi connectivity index (χ3v) is 7.22. The largest absolute Gasteiger partial charge is 0.381 e. The number of thioether (sulfide) groups is 1. The van der Waals surface area contributed by atoms with Gasteiger partial charge in [0.1, 0.15) is 0 Å². The molecule has 1 aromatic carbocycles. The number of carbonyl (C=O) groups is 1. The molecule has 0 bridgehead atoms. The third kappa shape index (κ3) is 3.57. The molecule has 1 spiro atoms. The van der Waals surface area contributed by atoms with E-state index in [1.807, 2.05) is 22.7 Å². The first-order valence-electron chi connectivity index (χ1n) is 9.03. The predicted octanol–water partition coefficient (Wildman–Crippen LogP) is 3.52. The molecule has 4 rings (SSSR count). The monoisotopic (exact) mass is 346 g/mol. The first-order chi connectivity index (χ1) is 11.7. The zero-order chi connectivity index (χ0) is 16.5. The molecule has 24 heavy (non-hydrogen) atoms. The highest BCUT2D eigenvalue weighted by molar-refractivity contribution is 8.01. The quantitative estimate of drug-likeness (QED) is 0.907. The summed E-state index contributed by atoms with van der Waals surface area (Å²) in [6, 6.07) is 10.6. The number of ether oxygens (including phenoxy) is 1. The normalized spacial score (nSPS) is 24.1. The third-order valence-electron chi connectivity index (χ3n) is 5.73. The standard InChI is InChI=1S/C19H26N2O2S/c22-17(21-11-8-18(15-21)9-12-23-13-10-18)20-14-19(6-7-19)24-16-4-2-1-3-5-16/h1-5H,6-15H2,(H,20,22). The van der Waals surface area contributed by atoms with E-state index in [1.165, 1.54) is 17.7 Å². The smallest absolute Gasteiger partial charge is 0.317 e. The zero-order valence-electron chi connectivity index (χ0n) is 14.1. The van der Waals surface area contributed by atoms with Crippen LogP contribution in [0.1, 0.15) is 32.1 Å². The van der Waals surface area contributed by atoms with Crippen LogP contribution in [0.4, 0.5) is 4.79 Å². The maximum absolute atomic E-state index is 12.6. The Labute approximate surface area is 148 Å². The van der Waals surface area contributed by atoms with E-state index >= 15 is 0 Å². The van der Waals surface area contributed by atoms with E-state index in [-0.39, 0.29) is 10.8 Å². The lowest BCUT2D eigenvalue weighted by molar-refractivity contribution is 0.0209. The molecule has 2 amide bonds. The molecule has 2 saturated heterocycles. The molecular formula is C19H26N2O2S. The SMILES string of the molecule is O=C(NCC1(Sc2ccccc2)CC1)N1CCC2(CCOCC2)C1. The summed E-state index contributed by atoms with van der Waals surface area (Å²) in [5.41, 5.74) is 0.325. The minimum Gasteiger partial charge on any atom is -0.381 e. The van der Waals surface area contributed by atoms with Crippen LogP contribution in [-0.4, -0.2) is 48.5 Å². The number of benzene rings is 1. The van der Waals surface area contributed by atoms with Gasteiger partial charge in [0, 0.05) is 42.5 Å². The molecule has 0 unspecified atom stereocenters. The lowest BCUT2D eigenvalue weighted by atomic mass is 9.80. The molecule has 0 radical (unpaired) electrons. The Morgan fingerprint density at radius 2 is 1.88 bits per heavy atom. The fourth-order valence-electron chi connectivity index (χ4n) is 3.86. The first-order valence-corrected chi connectivity index (χ1v) is 9.85. The zero-order valence-corrected chi connectivity index (χ0v) is 14.9. The highest BCUT2D eigenvalue weighted by Crippen LogP contribution is 2.51. The van der Waals surface area contributed by atoms with Crippen molar-refractivity contribution in [2.45, 2.75) is 41.7 Å². The Morgan fingerprint density at radius 3 is 2.58 bits per heavy atom.